The van der Waals surface area contributed by atoms with Crippen LogP contribution in [0.4, 0.5) is 0 Å². The van der Waals surface area contributed by atoms with E-state index in [1.165, 1.54) is 0 Å². The molecule has 1 aromatic rings. The average molecular weight is 198 g/mol. The van der Waals surface area contributed by atoms with E-state index in [9.17, 15) is 4.79 Å². The lowest BCUT2D eigenvalue weighted by Gasteiger charge is -2.08. The normalized spacial score (nSPS) is 10.8. The first-order valence-electron chi connectivity index (χ1n) is 4.45. The lowest BCUT2D eigenvalue weighted by molar-refractivity contribution is -0.121. The van der Waals surface area contributed by atoms with Gasteiger partial charge in [0.25, 0.3) is 0 Å². The van der Waals surface area contributed by atoms with E-state index in [0.717, 1.165) is 0 Å². The monoisotopic (exact) mass is 198 g/mol. The van der Waals surface area contributed by atoms with Crippen molar-refractivity contribution in [3.63, 3.8) is 0 Å². The van der Waals surface area contributed by atoms with Gasteiger partial charge in [-0.3, -0.25) is 4.79 Å². The molecule has 0 saturated heterocycles. The Morgan fingerprint density at radius 2 is 2.13 bits per heavy atom. The Kier molecular flexibility index (Phi) is 3.94. The number of nitriles is 1. The highest BCUT2D eigenvalue weighted by atomic mass is 16.1. The molecule has 0 aromatic heterocycles. The smallest absolute Gasteiger partial charge is 0.242 e. The van der Waals surface area contributed by atoms with E-state index in [0.29, 0.717) is 5.56 Å². The number of carbonyl (C=O) groups excluding carboxylic acids is 1. The first-order chi connectivity index (χ1) is 7.29. The number of hydrogen-bond acceptors (Lipinski definition) is 2. The third kappa shape index (κ3) is 2.86. The molecule has 1 N–H and O–H groups in total. The van der Waals surface area contributed by atoms with Gasteiger partial charge in [0.15, 0.2) is 0 Å². The number of carbonyl (C=O) groups is 1. The van der Waals surface area contributed by atoms with Crippen LogP contribution in [0.15, 0.2) is 30.3 Å². The molecule has 1 amide bonds. The number of nitrogens with one attached hydrogen (secondary N) is 1. The summed E-state index contributed by atoms with van der Waals surface area (Å²) in [4.78, 5) is 11.5. The van der Waals surface area contributed by atoms with Crippen molar-refractivity contribution in [3.8, 4) is 18.4 Å². The van der Waals surface area contributed by atoms with E-state index in [-0.39, 0.29) is 12.5 Å². The fraction of sp³-hybridized carbons (Fsp3) is 0.167. The molecule has 1 atom stereocenters. The summed E-state index contributed by atoms with van der Waals surface area (Å²) in [5, 5.41) is 11.4. The van der Waals surface area contributed by atoms with Gasteiger partial charge in [0.05, 0.1) is 12.6 Å². The van der Waals surface area contributed by atoms with Crippen LogP contribution in [0.2, 0.25) is 0 Å². The topological polar surface area (TPSA) is 52.9 Å². The molecule has 0 aliphatic rings. The molecule has 1 rings (SSSR count). The van der Waals surface area contributed by atoms with Crippen LogP contribution in [-0.2, 0) is 4.79 Å². The minimum atomic E-state index is -0.792. The second-order valence-corrected chi connectivity index (χ2v) is 2.89. The van der Waals surface area contributed by atoms with Gasteiger partial charge in [0, 0.05) is 0 Å². The van der Waals surface area contributed by atoms with Gasteiger partial charge in [-0.15, -0.1) is 6.42 Å². The maximum atomic E-state index is 11.5. The fourth-order valence-electron chi connectivity index (χ4n) is 1.17. The van der Waals surface area contributed by atoms with E-state index in [1.54, 1.807) is 24.3 Å². The standard InChI is InChI=1S/C12H10N2O/c1-2-8-14-12(15)11(9-13)10-6-4-3-5-7-10/h1,3-7,11H,8H2,(H,14,15). The maximum Gasteiger partial charge on any atom is 0.242 e. The van der Waals surface area contributed by atoms with Crippen molar-refractivity contribution in [2.75, 3.05) is 6.54 Å². The molecule has 0 saturated carbocycles. The molecule has 0 spiro atoms. The van der Waals surface area contributed by atoms with Crippen LogP contribution >= 0.6 is 0 Å². The minimum Gasteiger partial charge on any atom is -0.344 e. The summed E-state index contributed by atoms with van der Waals surface area (Å²) >= 11 is 0. The van der Waals surface area contributed by atoms with E-state index < -0.39 is 5.92 Å². The van der Waals surface area contributed by atoms with Crippen molar-refractivity contribution in [1.29, 1.82) is 5.26 Å². The summed E-state index contributed by atoms with van der Waals surface area (Å²) < 4.78 is 0. The van der Waals surface area contributed by atoms with Crippen LogP contribution in [-0.4, -0.2) is 12.5 Å². The second kappa shape index (κ2) is 5.47. The summed E-state index contributed by atoms with van der Waals surface area (Å²) in [6.07, 6.45) is 5.01. The molecule has 0 radical (unpaired) electrons. The summed E-state index contributed by atoms with van der Waals surface area (Å²) in [6, 6.07) is 10.8. The Bertz CT molecular complexity index is 411. The quantitative estimate of drug-likeness (QED) is 0.738. The van der Waals surface area contributed by atoms with Gasteiger partial charge in [0.2, 0.25) is 5.91 Å². The molecule has 0 heterocycles. The highest BCUT2D eigenvalue weighted by molar-refractivity contribution is 5.86. The number of terminal acetylenes is 1. The first kappa shape index (κ1) is 10.8. The van der Waals surface area contributed by atoms with Gasteiger partial charge in [-0.05, 0) is 5.56 Å². The highest BCUT2D eigenvalue weighted by Crippen LogP contribution is 2.13. The van der Waals surface area contributed by atoms with Crippen molar-refractivity contribution in [2.45, 2.75) is 5.92 Å². The molecule has 1 aromatic carbocycles. The van der Waals surface area contributed by atoms with Crippen LogP contribution in [0.5, 0.6) is 0 Å². The zero-order valence-electron chi connectivity index (χ0n) is 8.10. The number of nitrogens with zero attached hydrogens (tertiary/aromatic N) is 1. The first-order valence-corrected chi connectivity index (χ1v) is 4.45. The van der Waals surface area contributed by atoms with Crippen LogP contribution in [0.1, 0.15) is 11.5 Å². The number of hydrogen-bond donors (Lipinski definition) is 1. The minimum absolute atomic E-state index is 0.143. The molecular formula is C12H10N2O. The lowest BCUT2D eigenvalue weighted by atomic mass is 10.00. The molecular weight excluding hydrogens is 188 g/mol. The summed E-state index contributed by atoms with van der Waals surface area (Å²) in [6.45, 7) is 0.143. The lowest BCUT2D eigenvalue weighted by Crippen LogP contribution is -2.28. The van der Waals surface area contributed by atoms with E-state index in [1.807, 2.05) is 12.1 Å². The number of rotatable bonds is 3. The van der Waals surface area contributed by atoms with Crippen LogP contribution in [0, 0.1) is 23.7 Å². The van der Waals surface area contributed by atoms with Gasteiger partial charge >= 0.3 is 0 Å². The molecule has 74 valence electrons. The number of amides is 1. The van der Waals surface area contributed by atoms with Crippen molar-refractivity contribution in [3.05, 3.63) is 35.9 Å². The Morgan fingerprint density at radius 1 is 1.47 bits per heavy atom. The zero-order valence-corrected chi connectivity index (χ0v) is 8.10. The maximum absolute atomic E-state index is 11.5. The van der Waals surface area contributed by atoms with Crippen molar-refractivity contribution >= 4 is 5.91 Å². The third-order valence-electron chi connectivity index (χ3n) is 1.89. The van der Waals surface area contributed by atoms with Gasteiger partial charge in [-0.1, -0.05) is 36.3 Å². The van der Waals surface area contributed by atoms with Gasteiger partial charge in [-0.2, -0.15) is 5.26 Å². The van der Waals surface area contributed by atoms with E-state index in [2.05, 4.69) is 11.2 Å². The van der Waals surface area contributed by atoms with Crippen LogP contribution < -0.4 is 5.32 Å². The molecule has 0 aliphatic heterocycles. The molecule has 15 heavy (non-hydrogen) atoms. The predicted octanol–water partition coefficient (Wildman–Crippen LogP) is 1.04. The summed E-state index contributed by atoms with van der Waals surface area (Å²) in [7, 11) is 0. The molecule has 0 fully saturated rings. The zero-order chi connectivity index (χ0) is 11.1. The third-order valence-corrected chi connectivity index (χ3v) is 1.89. The Balaban J connectivity index is 2.78. The molecule has 0 bridgehead atoms. The second-order valence-electron chi connectivity index (χ2n) is 2.89. The molecule has 1 unspecified atom stereocenters. The Hall–Kier alpha value is -2.26. The summed E-state index contributed by atoms with van der Waals surface area (Å²) in [5.41, 5.74) is 0.675. The Morgan fingerprint density at radius 3 is 2.67 bits per heavy atom. The molecule has 0 aliphatic carbocycles. The highest BCUT2D eigenvalue weighted by Gasteiger charge is 2.18. The molecule has 3 nitrogen and oxygen atoms in total. The van der Waals surface area contributed by atoms with E-state index >= 15 is 0 Å². The van der Waals surface area contributed by atoms with Gasteiger partial charge < -0.3 is 5.32 Å². The van der Waals surface area contributed by atoms with Crippen LogP contribution in [0.3, 0.4) is 0 Å². The van der Waals surface area contributed by atoms with Crippen LogP contribution in [0.25, 0.3) is 0 Å². The van der Waals surface area contributed by atoms with Crippen molar-refractivity contribution in [1.82, 2.24) is 5.32 Å². The van der Waals surface area contributed by atoms with Crippen molar-refractivity contribution < 1.29 is 4.79 Å². The largest absolute Gasteiger partial charge is 0.344 e. The van der Waals surface area contributed by atoms with Crippen molar-refractivity contribution in [2.24, 2.45) is 0 Å². The average Bonchev–Trinajstić information content (AvgIpc) is 2.29. The van der Waals surface area contributed by atoms with Gasteiger partial charge in [-0.25, -0.2) is 0 Å². The van der Waals surface area contributed by atoms with Gasteiger partial charge in [0.1, 0.15) is 5.92 Å². The molecule has 3 heteroatoms. The summed E-state index contributed by atoms with van der Waals surface area (Å²) in [5.74, 6) is 1.14. The number of benzene rings is 1. The SMILES string of the molecule is C#CCNC(=O)C(C#N)c1ccccc1. The van der Waals surface area contributed by atoms with E-state index in [4.69, 9.17) is 11.7 Å². The Labute approximate surface area is 88.7 Å². The fourth-order valence-corrected chi connectivity index (χ4v) is 1.17. The predicted molar refractivity (Wildman–Crippen MR) is 56.6 cm³/mol.